The monoisotopic (exact) mass is 340 g/mol. The molecule has 0 spiro atoms. The molecule has 6 heteroatoms. The van der Waals surface area contributed by atoms with Crippen LogP contribution < -0.4 is 9.62 Å². The van der Waals surface area contributed by atoms with Gasteiger partial charge in [-0.25, -0.2) is 8.42 Å². The minimum atomic E-state index is -3.36. The first-order valence-corrected chi connectivity index (χ1v) is 9.96. The maximum atomic E-state index is 12.0. The number of benzene rings is 1. The Morgan fingerprint density at radius 2 is 1.74 bits per heavy atom. The topological polar surface area (TPSA) is 66.5 Å². The Kier molecular flexibility index (Phi) is 7.55. The number of carbonyl (C=O) groups is 1. The molecule has 23 heavy (non-hydrogen) atoms. The van der Waals surface area contributed by atoms with E-state index in [0.717, 1.165) is 18.4 Å². The Morgan fingerprint density at radius 3 is 2.22 bits per heavy atom. The van der Waals surface area contributed by atoms with Crippen LogP contribution in [-0.4, -0.2) is 33.2 Å². The molecular weight excluding hydrogens is 312 g/mol. The maximum absolute atomic E-state index is 12.0. The predicted molar refractivity (Wildman–Crippen MR) is 95.1 cm³/mol. The highest BCUT2D eigenvalue weighted by Gasteiger charge is 2.17. The highest BCUT2D eigenvalue weighted by molar-refractivity contribution is 7.92. The molecule has 0 heterocycles. The van der Waals surface area contributed by atoms with E-state index in [1.54, 1.807) is 12.1 Å². The summed E-state index contributed by atoms with van der Waals surface area (Å²) >= 11 is 0. The van der Waals surface area contributed by atoms with Crippen LogP contribution in [0.25, 0.3) is 0 Å². The molecule has 0 atom stereocenters. The number of amides is 1. The molecule has 0 aromatic heterocycles. The van der Waals surface area contributed by atoms with Gasteiger partial charge >= 0.3 is 0 Å². The Balaban J connectivity index is 2.63. The van der Waals surface area contributed by atoms with E-state index >= 15 is 0 Å². The molecule has 130 valence electrons. The van der Waals surface area contributed by atoms with Crippen molar-refractivity contribution in [3.8, 4) is 0 Å². The van der Waals surface area contributed by atoms with Crippen molar-refractivity contribution in [1.82, 2.24) is 5.32 Å². The van der Waals surface area contributed by atoms with E-state index in [9.17, 15) is 13.2 Å². The lowest BCUT2D eigenvalue weighted by molar-refractivity contribution is -0.121. The van der Waals surface area contributed by atoms with Gasteiger partial charge in [-0.3, -0.25) is 9.10 Å². The molecule has 0 aliphatic carbocycles. The van der Waals surface area contributed by atoms with E-state index in [2.05, 4.69) is 5.32 Å². The molecule has 5 nitrogen and oxygen atoms in total. The fraction of sp³-hybridized carbons (Fsp3) is 0.588. The first-order valence-electron chi connectivity index (χ1n) is 8.11. The molecule has 0 radical (unpaired) electrons. The van der Waals surface area contributed by atoms with Crippen molar-refractivity contribution >= 4 is 21.6 Å². The number of anilines is 1. The van der Waals surface area contributed by atoms with Crippen molar-refractivity contribution in [2.75, 3.05) is 17.1 Å². The third kappa shape index (κ3) is 6.60. The number of rotatable bonds is 9. The molecule has 1 amide bonds. The SMILES string of the molecule is CCC(CC)NC(=O)CCCN(c1ccc(C)cc1)S(C)(=O)=O. The van der Waals surface area contributed by atoms with Crippen LogP contribution in [0.4, 0.5) is 5.69 Å². The first kappa shape index (κ1) is 19.5. The molecule has 1 aromatic carbocycles. The van der Waals surface area contributed by atoms with Gasteiger partial charge in [0.05, 0.1) is 11.9 Å². The van der Waals surface area contributed by atoms with Crippen molar-refractivity contribution < 1.29 is 13.2 Å². The quantitative estimate of drug-likeness (QED) is 0.752. The molecule has 0 fully saturated rings. The number of carbonyl (C=O) groups excluding carboxylic acids is 1. The molecule has 0 aliphatic rings. The minimum absolute atomic E-state index is 0.0175. The lowest BCUT2D eigenvalue weighted by atomic mass is 10.1. The number of nitrogens with zero attached hydrogens (tertiary/aromatic N) is 1. The van der Waals surface area contributed by atoms with E-state index in [0.29, 0.717) is 25.1 Å². The maximum Gasteiger partial charge on any atom is 0.232 e. The van der Waals surface area contributed by atoms with E-state index in [-0.39, 0.29) is 11.9 Å². The van der Waals surface area contributed by atoms with Crippen LogP contribution in [0.5, 0.6) is 0 Å². The van der Waals surface area contributed by atoms with Gasteiger partial charge in [-0.05, 0) is 38.3 Å². The summed E-state index contributed by atoms with van der Waals surface area (Å²) < 4.78 is 25.3. The molecule has 1 rings (SSSR count). The molecule has 1 N–H and O–H groups in total. The van der Waals surface area contributed by atoms with E-state index in [4.69, 9.17) is 0 Å². The summed E-state index contributed by atoms with van der Waals surface area (Å²) in [7, 11) is -3.36. The minimum Gasteiger partial charge on any atom is -0.353 e. The van der Waals surface area contributed by atoms with Crippen molar-refractivity contribution in [3.05, 3.63) is 29.8 Å². The van der Waals surface area contributed by atoms with Crippen molar-refractivity contribution in [3.63, 3.8) is 0 Å². The summed E-state index contributed by atoms with van der Waals surface area (Å²) in [5, 5.41) is 2.97. The zero-order valence-corrected chi connectivity index (χ0v) is 15.3. The average molecular weight is 340 g/mol. The number of sulfonamides is 1. The molecule has 0 saturated carbocycles. The molecule has 0 bridgehead atoms. The fourth-order valence-electron chi connectivity index (χ4n) is 2.37. The van der Waals surface area contributed by atoms with Gasteiger partial charge in [-0.15, -0.1) is 0 Å². The smallest absolute Gasteiger partial charge is 0.232 e. The number of nitrogens with one attached hydrogen (secondary N) is 1. The molecule has 0 saturated heterocycles. The van der Waals surface area contributed by atoms with Crippen LogP contribution in [0.2, 0.25) is 0 Å². The normalized spacial score (nSPS) is 11.5. The van der Waals surface area contributed by atoms with E-state index in [1.807, 2.05) is 32.9 Å². The summed E-state index contributed by atoms with van der Waals surface area (Å²) in [4.78, 5) is 11.9. The third-order valence-electron chi connectivity index (χ3n) is 3.84. The Labute approximate surface area is 140 Å². The van der Waals surface area contributed by atoms with Crippen molar-refractivity contribution in [2.45, 2.75) is 52.5 Å². The first-order chi connectivity index (χ1) is 10.8. The Bertz CT molecular complexity index is 593. The third-order valence-corrected chi connectivity index (χ3v) is 5.03. The van der Waals surface area contributed by atoms with Crippen LogP contribution in [0.15, 0.2) is 24.3 Å². The predicted octanol–water partition coefficient (Wildman–Crippen LogP) is 2.85. The van der Waals surface area contributed by atoms with Gasteiger partial charge in [0.1, 0.15) is 0 Å². The highest BCUT2D eigenvalue weighted by atomic mass is 32.2. The Morgan fingerprint density at radius 1 is 1.17 bits per heavy atom. The standard InChI is InChI=1S/C17H28N2O3S/c1-5-15(6-2)18-17(20)8-7-13-19(23(4,21)22)16-11-9-14(3)10-12-16/h9-12,15H,5-8,13H2,1-4H3,(H,18,20). The van der Waals surface area contributed by atoms with Gasteiger partial charge < -0.3 is 5.32 Å². The van der Waals surface area contributed by atoms with Gasteiger partial charge in [0.25, 0.3) is 0 Å². The van der Waals surface area contributed by atoms with Crippen molar-refractivity contribution in [1.29, 1.82) is 0 Å². The second kappa shape index (κ2) is 8.91. The van der Waals surface area contributed by atoms with Crippen LogP contribution in [-0.2, 0) is 14.8 Å². The van der Waals surface area contributed by atoms with Crippen LogP contribution in [0, 0.1) is 6.92 Å². The van der Waals surface area contributed by atoms with E-state index in [1.165, 1.54) is 10.6 Å². The zero-order valence-electron chi connectivity index (χ0n) is 14.5. The van der Waals surface area contributed by atoms with Crippen molar-refractivity contribution in [2.24, 2.45) is 0 Å². The fourth-order valence-corrected chi connectivity index (χ4v) is 3.34. The second-order valence-corrected chi connectivity index (χ2v) is 7.76. The zero-order chi connectivity index (χ0) is 17.5. The Hall–Kier alpha value is -1.56. The van der Waals surface area contributed by atoms with Crippen LogP contribution in [0.3, 0.4) is 0 Å². The lowest BCUT2D eigenvalue weighted by Crippen LogP contribution is -2.35. The van der Waals surface area contributed by atoms with Crippen LogP contribution >= 0.6 is 0 Å². The second-order valence-electron chi connectivity index (χ2n) is 5.86. The summed E-state index contributed by atoms with van der Waals surface area (Å²) in [6, 6.07) is 7.55. The number of aryl methyl sites for hydroxylation is 1. The summed E-state index contributed by atoms with van der Waals surface area (Å²) in [6.45, 7) is 6.34. The summed E-state index contributed by atoms with van der Waals surface area (Å²) in [5.41, 5.74) is 1.71. The average Bonchev–Trinajstić information content (AvgIpc) is 2.49. The largest absolute Gasteiger partial charge is 0.353 e. The van der Waals surface area contributed by atoms with Gasteiger partial charge in [-0.2, -0.15) is 0 Å². The van der Waals surface area contributed by atoms with Gasteiger partial charge in [-0.1, -0.05) is 31.5 Å². The van der Waals surface area contributed by atoms with Gasteiger partial charge in [0.2, 0.25) is 15.9 Å². The van der Waals surface area contributed by atoms with E-state index < -0.39 is 10.0 Å². The summed E-state index contributed by atoms with van der Waals surface area (Å²) in [6.07, 6.45) is 3.82. The highest BCUT2D eigenvalue weighted by Crippen LogP contribution is 2.18. The molecule has 0 aliphatic heterocycles. The molecule has 1 aromatic rings. The number of hydrogen-bond donors (Lipinski definition) is 1. The van der Waals surface area contributed by atoms with Crippen LogP contribution in [0.1, 0.15) is 45.1 Å². The molecular formula is C17H28N2O3S. The summed E-state index contributed by atoms with van der Waals surface area (Å²) in [5.74, 6) is -0.0175. The lowest BCUT2D eigenvalue weighted by Gasteiger charge is -2.22. The number of hydrogen-bond acceptors (Lipinski definition) is 3. The van der Waals surface area contributed by atoms with Gasteiger partial charge in [0, 0.05) is 19.0 Å². The molecule has 0 unspecified atom stereocenters. The van der Waals surface area contributed by atoms with Gasteiger partial charge in [0.15, 0.2) is 0 Å².